The first kappa shape index (κ1) is 17.2. The van der Waals surface area contributed by atoms with Crippen molar-refractivity contribution >= 4 is 5.97 Å². The number of ether oxygens (including phenoxy) is 1. The van der Waals surface area contributed by atoms with E-state index in [0.717, 1.165) is 5.57 Å². The lowest BCUT2D eigenvalue weighted by molar-refractivity contribution is -0.229. The fourth-order valence-corrected chi connectivity index (χ4v) is 4.42. The monoisotopic (exact) mass is 344 g/mol. The SMILES string of the molecule is CCOC(=O)C1=CN2N3C(=C(CC)C(C)(C)[C@@H]13)C[C@@]2(C)C(F)(F)F. The molecule has 3 aliphatic heterocycles. The number of nitrogens with zero attached hydrogens (tertiary/aromatic N) is 2. The van der Waals surface area contributed by atoms with Crippen molar-refractivity contribution in [2.75, 3.05) is 6.61 Å². The lowest BCUT2D eigenvalue weighted by Gasteiger charge is -2.40. The normalized spacial score (nSPS) is 30.8. The maximum atomic E-state index is 13.8. The summed E-state index contributed by atoms with van der Waals surface area (Å²) in [4.78, 5) is 12.4. The minimum absolute atomic E-state index is 0.0911. The number of carbonyl (C=O) groups excluding carboxylic acids is 1. The van der Waals surface area contributed by atoms with E-state index in [1.54, 1.807) is 11.9 Å². The van der Waals surface area contributed by atoms with Crippen LogP contribution in [0.5, 0.6) is 0 Å². The van der Waals surface area contributed by atoms with Gasteiger partial charge in [-0.1, -0.05) is 20.8 Å². The third-order valence-corrected chi connectivity index (χ3v) is 5.61. The van der Waals surface area contributed by atoms with Crippen LogP contribution in [0.25, 0.3) is 0 Å². The number of alkyl halides is 3. The van der Waals surface area contributed by atoms with Crippen molar-refractivity contribution in [3.8, 4) is 0 Å². The quantitative estimate of drug-likeness (QED) is 0.730. The Morgan fingerprint density at radius 2 is 1.96 bits per heavy atom. The largest absolute Gasteiger partial charge is 0.463 e. The molecular weight excluding hydrogens is 321 g/mol. The van der Waals surface area contributed by atoms with Crippen molar-refractivity contribution in [2.45, 2.75) is 65.2 Å². The summed E-state index contributed by atoms with van der Waals surface area (Å²) in [5.41, 5.74) is -0.461. The van der Waals surface area contributed by atoms with Crippen LogP contribution in [0, 0.1) is 5.41 Å². The molecule has 0 N–H and O–H groups in total. The standard InChI is InChI=1S/C17H23F3N2O2/c1-6-11-12-8-16(5,17(18,19)20)21-9-10(14(23)24-7-2)13(22(12)21)15(11,3)4/h9,13H,6-8H2,1-5H3/t13-,16+/m1/s1. The fraction of sp³-hybridized carbons (Fsp3) is 0.706. The van der Waals surface area contributed by atoms with Crippen LogP contribution in [0.1, 0.15) is 47.5 Å². The Kier molecular flexibility index (Phi) is 3.52. The minimum atomic E-state index is -4.40. The van der Waals surface area contributed by atoms with Crippen molar-refractivity contribution in [1.29, 1.82) is 0 Å². The molecule has 7 heteroatoms. The Bertz CT molecular complexity index is 651. The van der Waals surface area contributed by atoms with Gasteiger partial charge in [0.15, 0.2) is 5.54 Å². The number of hydrazine groups is 1. The number of halogens is 3. The van der Waals surface area contributed by atoms with E-state index in [9.17, 15) is 18.0 Å². The smallest absolute Gasteiger partial charge is 0.413 e. The second-order valence-electron chi connectivity index (χ2n) is 7.35. The molecule has 134 valence electrons. The first-order valence-corrected chi connectivity index (χ1v) is 8.27. The molecule has 2 atom stereocenters. The highest BCUT2D eigenvalue weighted by Crippen LogP contribution is 2.61. The lowest BCUT2D eigenvalue weighted by Crippen LogP contribution is -2.54. The van der Waals surface area contributed by atoms with Gasteiger partial charge in [0.05, 0.1) is 18.2 Å². The topological polar surface area (TPSA) is 32.8 Å². The second-order valence-corrected chi connectivity index (χ2v) is 7.35. The van der Waals surface area contributed by atoms with Crippen LogP contribution in [-0.2, 0) is 9.53 Å². The van der Waals surface area contributed by atoms with Crippen LogP contribution in [0.3, 0.4) is 0 Å². The van der Waals surface area contributed by atoms with Gasteiger partial charge in [-0.25, -0.2) is 4.79 Å². The van der Waals surface area contributed by atoms with Gasteiger partial charge in [-0.2, -0.15) is 13.2 Å². The average Bonchev–Trinajstić information content (AvgIpc) is 3.03. The van der Waals surface area contributed by atoms with Crippen LogP contribution < -0.4 is 0 Å². The zero-order valence-electron chi connectivity index (χ0n) is 14.6. The summed E-state index contributed by atoms with van der Waals surface area (Å²) < 4.78 is 46.4. The number of carbonyl (C=O) groups is 1. The van der Waals surface area contributed by atoms with Crippen molar-refractivity contribution < 1.29 is 22.7 Å². The van der Waals surface area contributed by atoms with E-state index in [4.69, 9.17) is 4.74 Å². The van der Waals surface area contributed by atoms with Crippen LogP contribution in [0.4, 0.5) is 13.2 Å². The molecule has 0 bridgehead atoms. The van der Waals surface area contributed by atoms with Gasteiger partial charge in [0.2, 0.25) is 0 Å². The van der Waals surface area contributed by atoms with Gasteiger partial charge in [0, 0.05) is 23.7 Å². The Morgan fingerprint density at radius 1 is 1.33 bits per heavy atom. The van der Waals surface area contributed by atoms with Crippen LogP contribution in [0.15, 0.2) is 23.0 Å². The van der Waals surface area contributed by atoms with Crippen molar-refractivity contribution in [1.82, 2.24) is 10.0 Å². The maximum Gasteiger partial charge on any atom is 0.413 e. The molecule has 3 rings (SSSR count). The predicted octanol–water partition coefficient (Wildman–Crippen LogP) is 3.76. The summed E-state index contributed by atoms with van der Waals surface area (Å²) in [6, 6.07) is -0.439. The summed E-state index contributed by atoms with van der Waals surface area (Å²) in [6.07, 6.45) is -2.49. The zero-order chi connectivity index (χ0) is 18.1. The summed E-state index contributed by atoms with van der Waals surface area (Å²) in [6.45, 7) is 9.01. The highest BCUT2D eigenvalue weighted by atomic mass is 19.4. The zero-order valence-corrected chi connectivity index (χ0v) is 14.6. The highest BCUT2D eigenvalue weighted by Gasteiger charge is 2.68. The van der Waals surface area contributed by atoms with Crippen LogP contribution in [0.2, 0.25) is 0 Å². The first-order valence-electron chi connectivity index (χ1n) is 8.27. The van der Waals surface area contributed by atoms with Gasteiger partial charge in [-0.3, -0.25) is 10.0 Å². The average molecular weight is 344 g/mol. The molecule has 1 fully saturated rings. The molecule has 0 unspecified atom stereocenters. The maximum absolute atomic E-state index is 13.8. The van der Waals surface area contributed by atoms with Gasteiger partial charge < -0.3 is 4.74 Å². The summed E-state index contributed by atoms with van der Waals surface area (Å²) in [5.74, 6) is -0.536. The Hall–Kier alpha value is -1.66. The van der Waals surface area contributed by atoms with Gasteiger partial charge in [-0.15, -0.1) is 0 Å². The molecule has 0 spiro atoms. The third kappa shape index (κ3) is 1.90. The van der Waals surface area contributed by atoms with E-state index >= 15 is 0 Å². The number of rotatable bonds is 3. The van der Waals surface area contributed by atoms with Gasteiger partial charge in [0.25, 0.3) is 0 Å². The van der Waals surface area contributed by atoms with Crippen molar-refractivity contribution in [3.63, 3.8) is 0 Å². The molecule has 4 nitrogen and oxygen atoms in total. The molecule has 0 amide bonds. The van der Waals surface area contributed by atoms with Gasteiger partial charge >= 0.3 is 12.1 Å². The molecule has 0 aromatic carbocycles. The van der Waals surface area contributed by atoms with E-state index in [2.05, 4.69) is 0 Å². The molecule has 24 heavy (non-hydrogen) atoms. The second kappa shape index (κ2) is 4.92. The van der Waals surface area contributed by atoms with E-state index in [-0.39, 0.29) is 13.0 Å². The lowest BCUT2D eigenvalue weighted by atomic mass is 9.75. The van der Waals surface area contributed by atoms with Gasteiger partial charge in [0.1, 0.15) is 0 Å². The van der Waals surface area contributed by atoms with E-state index in [1.165, 1.54) is 18.1 Å². The summed E-state index contributed by atoms with van der Waals surface area (Å²) in [7, 11) is 0. The minimum Gasteiger partial charge on any atom is -0.463 e. The highest BCUT2D eigenvalue weighted by molar-refractivity contribution is 5.91. The molecule has 3 heterocycles. The number of hydrogen-bond donors (Lipinski definition) is 0. The molecule has 1 saturated heterocycles. The molecule has 3 aliphatic rings. The van der Waals surface area contributed by atoms with E-state index in [1.807, 2.05) is 20.8 Å². The summed E-state index contributed by atoms with van der Waals surface area (Å²) in [5, 5.41) is 2.89. The number of hydrogen-bond acceptors (Lipinski definition) is 4. The van der Waals surface area contributed by atoms with Crippen molar-refractivity contribution in [3.05, 3.63) is 23.0 Å². The predicted molar refractivity (Wildman–Crippen MR) is 82.4 cm³/mol. The molecule has 0 aromatic rings. The Labute approximate surface area is 139 Å². The molecule has 0 aromatic heterocycles. The molecule has 0 aliphatic carbocycles. The Morgan fingerprint density at radius 3 is 2.46 bits per heavy atom. The van der Waals surface area contributed by atoms with E-state index < -0.39 is 29.1 Å². The Balaban J connectivity index is 2.16. The summed E-state index contributed by atoms with van der Waals surface area (Å²) >= 11 is 0. The molecule has 0 saturated carbocycles. The van der Waals surface area contributed by atoms with Gasteiger partial charge in [-0.05, 0) is 25.8 Å². The van der Waals surface area contributed by atoms with Crippen LogP contribution >= 0.6 is 0 Å². The molecular formula is C17H23F3N2O2. The third-order valence-electron chi connectivity index (χ3n) is 5.61. The first-order chi connectivity index (χ1) is 11.0. The van der Waals surface area contributed by atoms with Crippen LogP contribution in [-0.4, -0.2) is 40.4 Å². The van der Waals surface area contributed by atoms with Crippen molar-refractivity contribution in [2.24, 2.45) is 5.41 Å². The van der Waals surface area contributed by atoms with E-state index in [0.29, 0.717) is 17.7 Å². The number of esters is 1. The molecule has 0 radical (unpaired) electrons. The fourth-order valence-electron chi connectivity index (χ4n) is 4.42.